The average Bonchev–Trinajstić information content (AvgIpc) is 2.06. The van der Waals surface area contributed by atoms with E-state index in [0.717, 1.165) is 25.8 Å². The highest BCUT2D eigenvalue weighted by Crippen LogP contribution is 1.99. The minimum Gasteiger partial charge on any atom is -0.314 e. The Kier molecular flexibility index (Phi) is 3.52. The fraction of sp³-hybridized carbons (Fsp3) is 0.875. The van der Waals surface area contributed by atoms with E-state index in [4.69, 9.17) is 0 Å². The summed E-state index contributed by atoms with van der Waals surface area (Å²) >= 11 is 0. The van der Waals surface area contributed by atoms with Gasteiger partial charge in [0.1, 0.15) is 6.29 Å². The first kappa shape index (κ1) is 8.68. The van der Waals surface area contributed by atoms with Crippen molar-refractivity contribution >= 4 is 6.29 Å². The summed E-state index contributed by atoms with van der Waals surface area (Å²) in [5.74, 6) is 0. The van der Waals surface area contributed by atoms with Gasteiger partial charge in [0, 0.05) is 31.6 Å². The third-order valence-corrected chi connectivity index (χ3v) is 2.13. The second-order valence-corrected chi connectivity index (χ2v) is 3.03. The van der Waals surface area contributed by atoms with Gasteiger partial charge >= 0.3 is 0 Å². The summed E-state index contributed by atoms with van der Waals surface area (Å²) in [5.41, 5.74) is 0. The third-order valence-electron chi connectivity index (χ3n) is 2.13. The lowest BCUT2D eigenvalue weighted by molar-refractivity contribution is -0.108. The first-order chi connectivity index (χ1) is 5.36. The van der Waals surface area contributed by atoms with E-state index in [9.17, 15) is 4.79 Å². The maximum Gasteiger partial charge on any atom is 0.121 e. The molecule has 1 rings (SSSR count). The van der Waals surface area contributed by atoms with Gasteiger partial charge < -0.3 is 15.4 Å². The Bertz CT molecular complexity index is 127. The van der Waals surface area contributed by atoms with Crippen LogP contribution < -0.4 is 10.6 Å². The lowest BCUT2D eigenvalue weighted by atomic mass is 10.1. The molecule has 0 amide bonds. The van der Waals surface area contributed by atoms with Crippen molar-refractivity contribution in [1.82, 2.24) is 10.6 Å². The summed E-state index contributed by atoms with van der Waals surface area (Å²) in [7, 11) is 0. The fourth-order valence-electron chi connectivity index (χ4n) is 1.41. The molecule has 0 bridgehead atoms. The van der Waals surface area contributed by atoms with E-state index in [1.807, 2.05) is 0 Å². The summed E-state index contributed by atoms with van der Waals surface area (Å²) in [6, 6.07) is 0.903. The average molecular weight is 156 g/mol. The van der Waals surface area contributed by atoms with E-state index in [2.05, 4.69) is 17.6 Å². The summed E-state index contributed by atoms with van der Waals surface area (Å²) in [4.78, 5) is 10.2. The first-order valence-electron chi connectivity index (χ1n) is 4.27. The zero-order valence-electron chi connectivity index (χ0n) is 6.97. The molecule has 0 aliphatic carbocycles. The standard InChI is InChI=1S/C8H16N2O/c1-2-7-5-9-6-8(10-7)3-4-11/h4,7-10H,2-3,5-6H2,1H3/t7-,8+/m1/s1. The largest absolute Gasteiger partial charge is 0.314 e. The minimum atomic E-state index is 0.353. The number of aldehydes is 1. The van der Waals surface area contributed by atoms with E-state index >= 15 is 0 Å². The van der Waals surface area contributed by atoms with Crippen molar-refractivity contribution in [2.75, 3.05) is 13.1 Å². The first-order valence-corrected chi connectivity index (χ1v) is 4.27. The lowest BCUT2D eigenvalue weighted by Crippen LogP contribution is -2.54. The SMILES string of the molecule is CC[C@@H]1CNC[C@H](CC=O)N1. The summed E-state index contributed by atoms with van der Waals surface area (Å²) in [6.45, 7) is 4.11. The second kappa shape index (κ2) is 4.46. The van der Waals surface area contributed by atoms with Crippen LogP contribution in [0.5, 0.6) is 0 Å². The van der Waals surface area contributed by atoms with Gasteiger partial charge in [-0.1, -0.05) is 6.92 Å². The van der Waals surface area contributed by atoms with Crippen molar-refractivity contribution in [2.45, 2.75) is 31.8 Å². The predicted molar refractivity (Wildman–Crippen MR) is 44.6 cm³/mol. The zero-order valence-corrected chi connectivity index (χ0v) is 6.97. The van der Waals surface area contributed by atoms with Crippen molar-refractivity contribution in [1.29, 1.82) is 0 Å². The molecule has 1 fully saturated rings. The van der Waals surface area contributed by atoms with Crippen molar-refractivity contribution in [3.63, 3.8) is 0 Å². The molecular formula is C8H16N2O. The highest BCUT2D eigenvalue weighted by Gasteiger charge is 2.17. The third kappa shape index (κ3) is 2.60. The van der Waals surface area contributed by atoms with E-state index in [1.165, 1.54) is 0 Å². The molecular weight excluding hydrogens is 140 g/mol. The van der Waals surface area contributed by atoms with Gasteiger partial charge in [-0.05, 0) is 6.42 Å². The van der Waals surface area contributed by atoms with Crippen LogP contribution >= 0.6 is 0 Å². The molecule has 1 aliphatic heterocycles. The molecule has 0 aromatic carbocycles. The molecule has 3 nitrogen and oxygen atoms in total. The number of hydrogen-bond acceptors (Lipinski definition) is 3. The molecule has 1 saturated heterocycles. The second-order valence-electron chi connectivity index (χ2n) is 3.03. The highest BCUT2D eigenvalue weighted by atomic mass is 16.1. The van der Waals surface area contributed by atoms with Crippen LogP contribution in [0.4, 0.5) is 0 Å². The molecule has 1 heterocycles. The van der Waals surface area contributed by atoms with E-state index in [1.54, 1.807) is 0 Å². The van der Waals surface area contributed by atoms with E-state index in [-0.39, 0.29) is 0 Å². The maximum atomic E-state index is 10.2. The normalized spacial score (nSPS) is 31.7. The molecule has 0 radical (unpaired) electrons. The molecule has 0 aromatic rings. The van der Waals surface area contributed by atoms with Gasteiger partial charge in [0.15, 0.2) is 0 Å². The highest BCUT2D eigenvalue weighted by molar-refractivity contribution is 5.50. The molecule has 64 valence electrons. The van der Waals surface area contributed by atoms with Crippen LogP contribution in [0.1, 0.15) is 19.8 Å². The molecule has 3 heteroatoms. The van der Waals surface area contributed by atoms with Crippen molar-refractivity contribution in [3.8, 4) is 0 Å². The Labute approximate surface area is 67.5 Å². The lowest BCUT2D eigenvalue weighted by Gasteiger charge is -2.30. The summed E-state index contributed by atoms with van der Waals surface area (Å²) in [6.07, 6.45) is 2.74. The molecule has 2 atom stereocenters. The smallest absolute Gasteiger partial charge is 0.121 e. The Balaban J connectivity index is 2.27. The van der Waals surface area contributed by atoms with Crippen LogP contribution in [0.15, 0.2) is 0 Å². The van der Waals surface area contributed by atoms with Gasteiger partial charge in [0.25, 0.3) is 0 Å². The Morgan fingerprint density at radius 1 is 1.45 bits per heavy atom. The van der Waals surface area contributed by atoms with Crippen molar-refractivity contribution in [2.24, 2.45) is 0 Å². The summed E-state index contributed by atoms with van der Waals surface area (Å²) < 4.78 is 0. The Hall–Kier alpha value is -0.410. The quantitative estimate of drug-likeness (QED) is 0.561. The number of nitrogens with one attached hydrogen (secondary N) is 2. The number of carbonyl (C=O) groups is 1. The topological polar surface area (TPSA) is 41.1 Å². The molecule has 0 spiro atoms. The fourth-order valence-corrected chi connectivity index (χ4v) is 1.41. The predicted octanol–water partition coefficient (Wildman–Crippen LogP) is -0.0846. The van der Waals surface area contributed by atoms with Gasteiger partial charge in [-0.2, -0.15) is 0 Å². The number of hydrogen-bond donors (Lipinski definition) is 2. The molecule has 0 aromatic heterocycles. The van der Waals surface area contributed by atoms with Crippen LogP contribution in [-0.4, -0.2) is 31.5 Å². The maximum absolute atomic E-state index is 10.2. The molecule has 1 aliphatic rings. The Morgan fingerprint density at radius 2 is 2.18 bits per heavy atom. The van der Waals surface area contributed by atoms with E-state index in [0.29, 0.717) is 18.5 Å². The van der Waals surface area contributed by atoms with Crippen LogP contribution in [-0.2, 0) is 4.79 Å². The van der Waals surface area contributed by atoms with E-state index < -0.39 is 0 Å². The minimum absolute atomic E-state index is 0.353. The Morgan fingerprint density at radius 3 is 2.82 bits per heavy atom. The number of rotatable bonds is 3. The van der Waals surface area contributed by atoms with Gasteiger partial charge in [-0.25, -0.2) is 0 Å². The summed E-state index contributed by atoms with van der Waals surface area (Å²) in [5, 5.41) is 6.71. The van der Waals surface area contributed by atoms with Gasteiger partial charge in [-0.3, -0.25) is 0 Å². The molecule has 0 unspecified atom stereocenters. The van der Waals surface area contributed by atoms with Gasteiger partial charge in [-0.15, -0.1) is 0 Å². The monoisotopic (exact) mass is 156 g/mol. The molecule has 0 saturated carbocycles. The van der Waals surface area contributed by atoms with Crippen LogP contribution in [0.3, 0.4) is 0 Å². The van der Waals surface area contributed by atoms with Crippen molar-refractivity contribution < 1.29 is 4.79 Å². The van der Waals surface area contributed by atoms with Crippen LogP contribution in [0.25, 0.3) is 0 Å². The number of piperazine rings is 1. The zero-order chi connectivity index (χ0) is 8.10. The van der Waals surface area contributed by atoms with Crippen LogP contribution in [0.2, 0.25) is 0 Å². The van der Waals surface area contributed by atoms with Crippen LogP contribution in [0, 0.1) is 0 Å². The van der Waals surface area contributed by atoms with Gasteiger partial charge in [0.05, 0.1) is 0 Å². The van der Waals surface area contributed by atoms with Gasteiger partial charge in [0.2, 0.25) is 0 Å². The van der Waals surface area contributed by atoms with Crippen molar-refractivity contribution in [3.05, 3.63) is 0 Å². The number of carbonyl (C=O) groups excluding carboxylic acids is 1. The molecule has 2 N–H and O–H groups in total. The molecule has 11 heavy (non-hydrogen) atoms.